The molecule has 2 aromatic heterocycles. The summed E-state index contributed by atoms with van der Waals surface area (Å²) in [5, 5.41) is 3.97. The SMILES string of the molecule is Cc1ccccc1-c1c(C(=O)Nc2ccccc2)c(Cl)nc2sc(C(=O)c3ccc(Cl)cc3)c(N)c12. The van der Waals surface area contributed by atoms with Crippen molar-refractivity contribution in [2.45, 2.75) is 6.92 Å². The predicted octanol–water partition coefficient (Wildman–Crippen LogP) is 7.64. The number of thiophene rings is 1. The number of ketones is 1. The van der Waals surface area contributed by atoms with Crippen LogP contribution in [0.2, 0.25) is 10.2 Å². The van der Waals surface area contributed by atoms with E-state index in [1.54, 1.807) is 36.4 Å². The number of pyridine rings is 1. The smallest absolute Gasteiger partial charge is 0.259 e. The molecule has 0 aliphatic rings. The second kappa shape index (κ2) is 9.74. The van der Waals surface area contributed by atoms with Crippen molar-refractivity contribution < 1.29 is 9.59 Å². The van der Waals surface area contributed by atoms with E-state index in [0.29, 0.717) is 36.9 Å². The van der Waals surface area contributed by atoms with Crippen LogP contribution in [-0.2, 0) is 0 Å². The molecule has 0 spiro atoms. The molecular weight excluding hydrogens is 513 g/mol. The summed E-state index contributed by atoms with van der Waals surface area (Å²) >= 11 is 13.8. The summed E-state index contributed by atoms with van der Waals surface area (Å²) in [7, 11) is 0. The molecule has 178 valence electrons. The molecule has 0 atom stereocenters. The molecule has 2 heterocycles. The first-order valence-electron chi connectivity index (χ1n) is 11.0. The van der Waals surface area contributed by atoms with E-state index in [1.807, 2.05) is 49.4 Å². The molecule has 0 aliphatic heterocycles. The highest BCUT2D eigenvalue weighted by Gasteiger charge is 2.28. The van der Waals surface area contributed by atoms with Gasteiger partial charge >= 0.3 is 0 Å². The Labute approximate surface area is 221 Å². The van der Waals surface area contributed by atoms with Crippen LogP contribution in [0.5, 0.6) is 0 Å². The third-order valence-electron chi connectivity index (χ3n) is 5.82. The van der Waals surface area contributed by atoms with Gasteiger partial charge in [-0.25, -0.2) is 4.98 Å². The van der Waals surface area contributed by atoms with Crippen molar-refractivity contribution >= 4 is 67.8 Å². The van der Waals surface area contributed by atoms with Crippen LogP contribution in [0, 0.1) is 6.92 Å². The average Bonchev–Trinajstić information content (AvgIpc) is 3.19. The normalized spacial score (nSPS) is 11.0. The quantitative estimate of drug-likeness (QED) is 0.180. The number of nitrogens with one attached hydrogen (secondary N) is 1. The van der Waals surface area contributed by atoms with Crippen molar-refractivity contribution in [2.75, 3.05) is 11.1 Å². The minimum absolute atomic E-state index is 0.0286. The molecule has 0 radical (unpaired) electrons. The largest absolute Gasteiger partial charge is 0.397 e. The molecule has 5 nitrogen and oxygen atoms in total. The number of anilines is 2. The highest BCUT2D eigenvalue weighted by Crippen LogP contribution is 2.44. The van der Waals surface area contributed by atoms with Gasteiger partial charge in [-0.05, 0) is 54.4 Å². The summed E-state index contributed by atoms with van der Waals surface area (Å²) in [5.74, 6) is -0.677. The van der Waals surface area contributed by atoms with Crippen LogP contribution in [0.4, 0.5) is 11.4 Å². The Morgan fingerprint density at radius 3 is 2.28 bits per heavy atom. The third kappa shape index (κ3) is 4.35. The number of para-hydroxylation sites is 1. The fourth-order valence-electron chi connectivity index (χ4n) is 4.07. The average molecular weight is 532 g/mol. The maximum absolute atomic E-state index is 13.5. The molecule has 0 fully saturated rings. The molecule has 0 unspecified atom stereocenters. The Kier molecular flexibility index (Phi) is 6.49. The second-order valence-corrected chi connectivity index (χ2v) is 9.94. The lowest BCUT2D eigenvalue weighted by Crippen LogP contribution is -2.15. The lowest BCUT2D eigenvalue weighted by molar-refractivity contribution is 0.102. The summed E-state index contributed by atoms with van der Waals surface area (Å²) in [6.07, 6.45) is 0. The highest BCUT2D eigenvalue weighted by atomic mass is 35.5. The molecule has 5 rings (SSSR count). The molecule has 0 aliphatic carbocycles. The number of fused-ring (bicyclic) bond motifs is 1. The van der Waals surface area contributed by atoms with Gasteiger partial charge in [-0.2, -0.15) is 0 Å². The van der Waals surface area contributed by atoms with E-state index in [9.17, 15) is 9.59 Å². The number of halogens is 2. The molecule has 3 aromatic carbocycles. The molecule has 0 bridgehead atoms. The highest BCUT2D eigenvalue weighted by molar-refractivity contribution is 7.21. The second-order valence-electron chi connectivity index (χ2n) is 8.15. The number of nitrogens with two attached hydrogens (primary N) is 1. The fourth-order valence-corrected chi connectivity index (χ4v) is 5.58. The van der Waals surface area contributed by atoms with Crippen LogP contribution in [0.15, 0.2) is 78.9 Å². The molecule has 1 amide bonds. The molecule has 0 saturated carbocycles. The van der Waals surface area contributed by atoms with Gasteiger partial charge in [0, 0.05) is 27.2 Å². The number of nitrogen functional groups attached to an aromatic ring is 1. The van der Waals surface area contributed by atoms with Crippen molar-refractivity contribution in [3.63, 3.8) is 0 Å². The first-order valence-corrected chi connectivity index (χ1v) is 12.6. The topological polar surface area (TPSA) is 85.1 Å². The number of aryl methyl sites for hydroxylation is 1. The van der Waals surface area contributed by atoms with Crippen molar-refractivity contribution in [3.05, 3.63) is 111 Å². The van der Waals surface area contributed by atoms with Crippen LogP contribution in [-0.4, -0.2) is 16.7 Å². The Morgan fingerprint density at radius 1 is 0.917 bits per heavy atom. The zero-order valence-electron chi connectivity index (χ0n) is 19.0. The third-order valence-corrected chi connectivity index (χ3v) is 7.44. The Balaban J connectivity index is 1.75. The minimum atomic E-state index is -0.421. The fraction of sp³-hybridized carbons (Fsp3) is 0.0357. The van der Waals surface area contributed by atoms with E-state index in [4.69, 9.17) is 28.9 Å². The Morgan fingerprint density at radius 2 is 1.58 bits per heavy atom. The number of amides is 1. The summed E-state index contributed by atoms with van der Waals surface area (Å²) < 4.78 is 0. The summed E-state index contributed by atoms with van der Waals surface area (Å²) in [4.78, 5) is 32.2. The predicted molar refractivity (Wildman–Crippen MR) is 148 cm³/mol. The van der Waals surface area contributed by atoms with Gasteiger partial charge in [-0.15, -0.1) is 11.3 Å². The van der Waals surface area contributed by atoms with Crippen molar-refractivity contribution in [3.8, 4) is 11.1 Å². The Bertz CT molecular complexity index is 1630. The van der Waals surface area contributed by atoms with Crippen LogP contribution >= 0.6 is 34.5 Å². The number of benzene rings is 3. The maximum atomic E-state index is 13.5. The van der Waals surface area contributed by atoms with Gasteiger partial charge in [0.15, 0.2) is 0 Å². The number of carbonyl (C=O) groups is 2. The van der Waals surface area contributed by atoms with E-state index in [0.717, 1.165) is 22.5 Å². The van der Waals surface area contributed by atoms with Crippen LogP contribution in [0.3, 0.4) is 0 Å². The van der Waals surface area contributed by atoms with Gasteiger partial charge in [0.25, 0.3) is 5.91 Å². The monoisotopic (exact) mass is 531 g/mol. The summed E-state index contributed by atoms with van der Waals surface area (Å²) in [6.45, 7) is 1.94. The molecule has 5 aromatic rings. The van der Waals surface area contributed by atoms with Gasteiger partial charge in [-0.1, -0.05) is 65.7 Å². The number of hydrogen-bond donors (Lipinski definition) is 2. The minimum Gasteiger partial charge on any atom is -0.397 e. The number of rotatable bonds is 5. The van der Waals surface area contributed by atoms with E-state index in [2.05, 4.69) is 10.3 Å². The van der Waals surface area contributed by atoms with E-state index in [1.165, 1.54) is 0 Å². The van der Waals surface area contributed by atoms with Crippen LogP contribution in [0.1, 0.15) is 31.2 Å². The van der Waals surface area contributed by atoms with Gasteiger partial charge in [0.2, 0.25) is 5.78 Å². The molecule has 8 heteroatoms. The molecule has 36 heavy (non-hydrogen) atoms. The molecule has 3 N–H and O–H groups in total. The van der Waals surface area contributed by atoms with Gasteiger partial charge < -0.3 is 11.1 Å². The van der Waals surface area contributed by atoms with E-state index >= 15 is 0 Å². The first kappa shape index (κ1) is 24.0. The van der Waals surface area contributed by atoms with E-state index in [-0.39, 0.29) is 22.2 Å². The number of nitrogens with zero attached hydrogens (tertiary/aromatic N) is 1. The van der Waals surface area contributed by atoms with Crippen LogP contribution < -0.4 is 11.1 Å². The lowest BCUT2D eigenvalue weighted by atomic mass is 9.93. The van der Waals surface area contributed by atoms with Crippen LogP contribution in [0.25, 0.3) is 21.3 Å². The number of aromatic nitrogens is 1. The zero-order valence-corrected chi connectivity index (χ0v) is 21.3. The number of hydrogen-bond acceptors (Lipinski definition) is 5. The lowest BCUT2D eigenvalue weighted by Gasteiger charge is -2.15. The maximum Gasteiger partial charge on any atom is 0.259 e. The summed E-state index contributed by atoms with van der Waals surface area (Å²) in [5.41, 5.74) is 10.4. The Hall–Kier alpha value is -3.71. The van der Waals surface area contributed by atoms with Crippen molar-refractivity contribution in [2.24, 2.45) is 0 Å². The van der Waals surface area contributed by atoms with Gasteiger partial charge in [0.1, 0.15) is 14.9 Å². The van der Waals surface area contributed by atoms with Gasteiger partial charge in [0.05, 0.1) is 11.3 Å². The van der Waals surface area contributed by atoms with Gasteiger partial charge in [-0.3, -0.25) is 9.59 Å². The molecular formula is C28H19Cl2N3O2S. The zero-order chi connectivity index (χ0) is 25.4. The molecule has 0 saturated heterocycles. The summed E-state index contributed by atoms with van der Waals surface area (Å²) in [6, 6.07) is 23.3. The number of carbonyl (C=O) groups excluding carboxylic acids is 2. The standard InChI is InChI=1S/C28H19Cl2N3O2S/c1-15-7-5-6-10-19(15)20-21-23(31)25(24(34)16-11-13-17(29)14-12-16)36-28(21)33-26(30)22(20)27(35)32-18-8-3-2-4-9-18/h2-14H,31H2,1H3,(H,32,35). The first-order chi connectivity index (χ1) is 17.3. The van der Waals surface area contributed by atoms with E-state index < -0.39 is 5.91 Å². The van der Waals surface area contributed by atoms with Crippen molar-refractivity contribution in [1.29, 1.82) is 0 Å². The van der Waals surface area contributed by atoms with Crippen molar-refractivity contribution in [1.82, 2.24) is 4.98 Å².